The quantitative estimate of drug-likeness (QED) is 0.0477. The molecule has 0 saturated heterocycles. The van der Waals surface area contributed by atoms with Crippen molar-refractivity contribution in [2.45, 2.75) is 148 Å². The van der Waals surface area contributed by atoms with E-state index in [0.29, 0.717) is 30.8 Å². The molecule has 0 aliphatic carbocycles. The Kier molecular flexibility index (Phi) is 24.7. The van der Waals surface area contributed by atoms with Gasteiger partial charge in [-0.3, -0.25) is 28.8 Å². The SMILES string of the molecule is CC(C)C[C@H](NC(=O)CNC(=O)[C@H](Cc1ccccc1)NC(=O)[C@H](Cc1ccccc1)NC(=O)[C@H](CCCNC(=O)OC(C)(C)C)NC(=O)OC(C)(C)C)C(=O)N[C@@H](CCCOCc1ccccc1)C(N)=O. The first-order chi connectivity index (χ1) is 34.0. The summed E-state index contributed by atoms with van der Waals surface area (Å²) in [7, 11) is 0. The van der Waals surface area contributed by atoms with Gasteiger partial charge in [-0.1, -0.05) is 105 Å². The largest absolute Gasteiger partial charge is 0.444 e. The van der Waals surface area contributed by atoms with Gasteiger partial charge in [0, 0.05) is 26.0 Å². The van der Waals surface area contributed by atoms with Crippen LogP contribution in [-0.4, -0.2) is 109 Å². The molecule has 3 aromatic rings. The number of nitrogens with two attached hydrogens (primary N) is 1. The highest BCUT2D eigenvalue weighted by atomic mass is 16.6. The van der Waals surface area contributed by atoms with Gasteiger partial charge >= 0.3 is 12.2 Å². The second-order valence-electron chi connectivity index (χ2n) is 19.9. The molecule has 19 heteroatoms. The Bertz CT molecular complexity index is 2200. The van der Waals surface area contributed by atoms with Crippen LogP contribution in [0.25, 0.3) is 0 Å². The first-order valence-corrected chi connectivity index (χ1v) is 24.4. The Labute approximate surface area is 423 Å². The molecular weight excluding hydrogens is 925 g/mol. The third-order valence-electron chi connectivity index (χ3n) is 10.5. The second kappa shape index (κ2) is 30.0. The van der Waals surface area contributed by atoms with Crippen LogP contribution in [-0.2, 0) is 62.4 Å². The van der Waals surface area contributed by atoms with Gasteiger partial charge in [0.1, 0.15) is 41.4 Å². The van der Waals surface area contributed by atoms with Gasteiger partial charge in [-0.25, -0.2) is 9.59 Å². The van der Waals surface area contributed by atoms with E-state index < -0.39 is 95.6 Å². The van der Waals surface area contributed by atoms with Gasteiger partial charge in [-0.15, -0.1) is 0 Å². The van der Waals surface area contributed by atoms with Crippen molar-refractivity contribution in [1.82, 2.24) is 37.2 Å². The lowest BCUT2D eigenvalue weighted by Crippen LogP contribution is -2.58. The van der Waals surface area contributed by atoms with Crippen LogP contribution >= 0.6 is 0 Å². The highest BCUT2D eigenvalue weighted by molar-refractivity contribution is 5.96. The lowest BCUT2D eigenvalue weighted by Gasteiger charge is -2.27. The molecule has 8 amide bonds. The first kappa shape index (κ1) is 59.3. The number of alkyl carbamates (subject to hydrolysis) is 2. The topological polar surface area (TPSA) is 274 Å². The summed E-state index contributed by atoms with van der Waals surface area (Å²) in [6.07, 6.45) is -0.474. The second-order valence-corrected chi connectivity index (χ2v) is 19.9. The maximum atomic E-state index is 14.4. The molecule has 0 spiro atoms. The van der Waals surface area contributed by atoms with E-state index in [4.69, 9.17) is 19.9 Å². The van der Waals surface area contributed by atoms with E-state index in [0.717, 1.165) is 5.56 Å². The van der Waals surface area contributed by atoms with Gasteiger partial charge in [-0.2, -0.15) is 0 Å². The number of hydrogen-bond donors (Lipinski definition) is 8. The van der Waals surface area contributed by atoms with E-state index in [1.54, 1.807) is 102 Å². The molecule has 0 heterocycles. The van der Waals surface area contributed by atoms with Crippen LogP contribution < -0.4 is 43.0 Å². The molecular formula is C53H76N8O11. The third kappa shape index (κ3) is 24.7. The predicted molar refractivity (Wildman–Crippen MR) is 272 cm³/mol. The van der Waals surface area contributed by atoms with Gasteiger partial charge < -0.3 is 57.2 Å². The molecule has 0 unspecified atom stereocenters. The maximum Gasteiger partial charge on any atom is 0.408 e. The molecule has 5 atom stereocenters. The number of hydrogen-bond acceptors (Lipinski definition) is 11. The standard InChI is InChI=1S/C53H76N8O11/c1-35(2)30-41(48(66)58-39(45(54)63)27-19-29-70-34-38-24-16-11-17-25-38)57-44(62)33-56-46(64)42(31-36-20-12-9-13-21-36)59-49(67)43(32-37-22-14-10-15-23-37)60-47(65)40(61-51(69)72-53(6,7)8)26-18-28-55-50(68)71-52(3,4)5/h9-17,20-25,35,39-43H,18-19,26-34H2,1-8H3,(H2,54,63)(H,55,68)(H,56,64)(H,57,62)(H,58,66)(H,59,67)(H,60,65)(H,61,69)/t39-,40-,41-,42-,43-/m0/s1. The van der Waals surface area contributed by atoms with E-state index in [-0.39, 0.29) is 51.0 Å². The number of benzene rings is 3. The molecule has 0 fully saturated rings. The van der Waals surface area contributed by atoms with Crippen molar-refractivity contribution in [3.63, 3.8) is 0 Å². The van der Waals surface area contributed by atoms with E-state index >= 15 is 0 Å². The maximum absolute atomic E-state index is 14.4. The molecule has 0 radical (unpaired) electrons. The monoisotopic (exact) mass is 1000 g/mol. The summed E-state index contributed by atoms with van der Waals surface area (Å²) in [6.45, 7) is 14.1. The molecule has 0 aliphatic heterocycles. The summed E-state index contributed by atoms with van der Waals surface area (Å²) < 4.78 is 16.4. The minimum Gasteiger partial charge on any atom is -0.444 e. The summed E-state index contributed by atoms with van der Waals surface area (Å²) in [6, 6.07) is 21.4. The fourth-order valence-electron chi connectivity index (χ4n) is 7.14. The van der Waals surface area contributed by atoms with Gasteiger partial charge in [0.2, 0.25) is 35.4 Å². The van der Waals surface area contributed by atoms with E-state index in [9.17, 15) is 38.4 Å². The third-order valence-corrected chi connectivity index (χ3v) is 10.5. The summed E-state index contributed by atoms with van der Waals surface area (Å²) in [5.74, 6) is -4.35. The van der Waals surface area contributed by atoms with Crippen molar-refractivity contribution >= 4 is 47.6 Å². The first-order valence-electron chi connectivity index (χ1n) is 24.4. The van der Waals surface area contributed by atoms with Crippen LogP contribution in [0.3, 0.4) is 0 Å². The molecule has 3 rings (SSSR count). The number of carbonyl (C=O) groups is 8. The van der Waals surface area contributed by atoms with E-state index in [1.165, 1.54) is 0 Å². The number of ether oxygens (including phenoxy) is 3. The Morgan fingerprint density at radius 2 is 0.972 bits per heavy atom. The minimum absolute atomic E-state index is 0.0102. The van der Waals surface area contributed by atoms with Crippen molar-refractivity contribution in [3.05, 3.63) is 108 Å². The molecule has 394 valence electrons. The fourth-order valence-corrected chi connectivity index (χ4v) is 7.14. The van der Waals surface area contributed by atoms with E-state index in [2.05, 4.69) is 37.2 Å². The number of rotatable bonds is 28. The van der Waals surface area contributed by atoms with Crippen molar-refractivity contribution in [3.8, 4) is 0 Å². The average molecular weight is 1000 g/mol. The highest BCUT2D eigenvalue weighted by Crippen LogP contribution is 2.13. The zero-order chi connectivity index (χ0) is 53.3. The van der Waals surface area contributed by atoms with Crippen LogP contribution in [0.15, 0.2) is 91.0 Å². The van der Waals surface area contributed by atoms with Crippen LogP contribution in [0.1, 0.15) is 104 Å². The number of amides is 8. The van der Waals surface area contributed by atoms with Crippen molar-refractivity contribution in [2.24, 2.45) is 11.7 Å². The van der Waals surface area contributed by atoms with Crippen molar-refractivity contribution in [2.75, 3.05) is 19.7 Å². The molecule has 72 heavy (non-hydrogen) atoms. The molecule has 19 nitrogen and oxygen atoms in total. The predicted octanol–water partition coefficient (Wildman–Crippen LogP) is 4.25. The summed E-state index contributed by atoms with van der Waals surface area (Å²) in [5, 5.41) is 18.7. The van der Waals surface area contributed by atoms with Gasteiger partial charge in [-0.05, 0) is 96.3 Å². The lowest BCUT2D eigenvalue weighted by molar-refractivity contribution is -0.133. The van der Waals surface area contributed by atoms with Crippen LogP contribution in [0.2, 0.25) is 0 Å². The van der Waals surface area contributed by atoms with E-state index in [1.807, 2.05) is 44.2 Å². The molecule has 0 saturated carbocycles. The smallest absolute Gasteiger partial charge is 0.408 e. The van der Waals surface area contributed by atoms with Gasteiger partial charge in [0.05, 0.1) is 13.2 Å². The highest BCUT2D eigenvalue weighted by Gasteiger charge is 2.32. The Morgan fingerprint density at radius 1 is 0.514 bits per heavy atom. The Morgan fingerprint density at radius 3 is 1.49 bits per heavy atom. The minimum atomic E-state index is -1.28. The van der Waals surface area contributed by atoms with Crippen molar-refractivity contribution in [1.29, 1.82) is 0 Å². The van der Waals surface area contributed by atoms with Gasteiger partial charge in [0.25, 0.3) is 0 Å². The number of nitrogens with one attached hydrogen (secondary N) is 7. The van der Waals surface area contributed by atoms with Crippen molar-refractivity contribution < 1.29 is 52.6 Å². The molecule has 3 aromatic carbocycles. The fraction of sp³-hybridized carbons (Fsp3) is 0.509. The zero-order valence-electron chi connectivity index (χ0n) is 43.0. The summed E-state index contributed by atoms with van der Waals surface area (Å²) in [5.41, 5.74) is 6.37. The van der Waals surface area contributed by atoms with Crippen LogP contribution in [0.5, 0.6) is 0 Å². The summed E-state index contributed by atoms with van der Waals surface area (Å²) in [4.78, 5) is 107. The molecule has 0 aliphatic rings. The Balaban J connectivity index is 1.76. The lowest BCUT2D eigenvalue weighted by atomic mass is 10.0. The number of primary amides is 1. The van der Waals surface area contributed by atoms with Crippen LogP contribution in [0, 0.1) is 5.92 Å². The summed E-state index contributed by atoms with van der Waals surface area (Å²) >= 11 is 0. The van der Waals surface area contributed by atoms with Gasteiger partial charge in [0.15, 0.2) is 0 Å². The molecule has 0 aromatic heterocycles. The van der Waals surface area contributed by atoms with Crippen LogP contribution in [0.4, 0.5) is 9.59 Å². The average Bonchev–Trinajstić information content (AvgIpc) is 3.30. The molecule has 0 bridgehead atoms. The molecule has 9 N–H and O–H groups in total. The normalized spacial score (nSPS) is 13.5. The number of carbonyl (C=O) groups excluding carboxylic acids is 8. The zero-order valence-corrected chi connectivity index (χ0v) is 43.0. The Hall–Kier alpha value is -7.02.